The number of likely N-dealkylation sites (tertiary alicyclic amines) is 1. The van der Waals surface area contributed by atoms with Crippen LogP contribution in [0.1, 0.15) is 43.7 Å². The monoisotopic (exact) mass is 530 g/mol. The molecule has 1 heterocycles. The van der Waals surface area contributed by atoms with Gasteiger partial charge in [0.1, 0.15) is 5.75 Å². The van der Waals surface area contributed by atoms with Gasteiger partial charge in [-0.05, 0) is 75.2 Å². The average Bonchev–Trinajstić information content (AvgIpc) is 3.57. The summed E-state index contributed by atoms with van der Waals surface area (Å²) in [4.78, 5) is 6.87. The van der Waals surface area contributed by atoms with Crippen LogP contribution >= 0.6 is 24.0 Å². The molecule has 2 atom stereocenters. The van der Waals surface area contributed by atoms with Crippen LogP contribution in [0.2, 0.25) is 0 Å². The molecule has 1 aliphatic heterocycles. The molecule has 2 fully saturated rings. The van der Waals surface area contributed by atoms with Crippen molar-refractivity contribution < 1.29 is 9.47 Å². The molecule has 6 nitrogen and oxygen atoms in total. The Morgan fingerprint density at radius 2 is 1.93 bits per heavy atom. The van der Waals surface area contributed by atoms with Crippen LogP contribution in [-0.2, 0) is 4.74 Å². The van der Waals surface area contributed by atoms with Crippen LogP contribution in [-0.4, -0.2) is 64.9 Å². The number of hydrogen-bond donors (Lipinski definition) is 2. The van der Waals surface area contributed by atoms with Crippen molar-refractivity contribution in [2.24, 2.45) is 16.8 Å². The average molecular weight is 530 g/mol. The second-order valence-electron chi connectivity index (χ2n) is 8.35. The van der Waals surface area contributed by atoms with E-state index in [1.54, 1.807) is 7.11 Å². The summed E-state index contributed by atoms with van der Waals surface area (Å²) in [5, 5.41) is 6.97. The topological polar surface area (TPSA) is 58.1 Å². The van der Waals surface area contributed by atoms with E-state index in [4.69, 9.17) is 9.47 Å². The van der Waals surface area contributed by atoms with Crippen LogP contribution in [0, 0.1) is 11.8 Å². The molecule has 30 heavy (non-hydrogen) atoms. The highest BCUT2D eigenvalue weighted by Crippen LogP contribution is 2.35. The van der Waals surface area contributed by atoms with Crippen LogP contribution in [0.25, 0.3) is 0 Å². The molecule has 3 rings (SSSR count). The molecule has 2 N–H and O–H groups in total. The minimum Gasteiger partial charge on any atom is -0.497 e. The Morgan fingerprint density at radius 3 is 2.60 bits per heavy atom. The second kappa shape index (κ2) is 13.4. The van der Waals surface area contributed by atoms with Gasteiger partial charge in [-0.3, -0.25) is 9.89 Å². The quantitative estimate of drug-likeness (QED) is 0.209. The fraction of sp³-hybridized carbons (Fsp3) is 0.696. The van der Waals surface area contributed by atoms with Crippen LogP contribution in [0.15, 0.2) is 29.3 Å². The first-order valence-electron chi connectivity index (χ1n) is 11.1. The first kappa shape index (κ1) is 25.2. The molecule has 2 unspecified atom stereocenters. The molecular weight excluding hydrogens is 491 g/mol. The normalized spacial score (nSPS) is 22.3. The Labute approximate surface area is 199 Å². The number of halogens is 1. The highest BCUT2D eigenvalue weighted by molar-refractivity contribution is 14.0. The summed E-state index contributed by atoms with van der Waals surface area (Å²) in [5.74, 6) is 3.17. The van der Waals surface area contributed by atoms with Gasteiger partial charge in [0, 0.05) is 39.4 Å². The van der Waals surface area contributed by atoms with Crippen molar-refractivity contribution >= 4 is 29.9 Å². The Morgan fingerprint density at radius 1 is 1.17 bits per heavy atom. The number of aliphatic imine (C=N–C) groups is 1. The number of nitrogens with zero attached hydrogens (tertiary/aromatic N) is 2. The van der Waals surface area contributed by atoms with E-state index in [0.29, 0.717) is 12.0 Å². The summed E-state index contributed by atoms with van der Waals surface area (Å²) in [7, 11) is 5.79. The maximum Gasteiger partial charge on any atom is 0.190 e. The second-order valence-corrected chi connectivity index (χ2v) is 8.35. The van der Waals surface area contributed by atoms with Crippen LogP contribution in [0.3, 0.4) is 0 Å². The molecule has 170 valence electrons. The lowest BCUT2D eigenvalue weighted by molar-refractivity contribution is 0.121. The largest absolute Gasteiger partial charge is 0.497 e. The van der Waals surface area contributed by atoms with Gasteiger partial charge in [0.05, 0.1) is 7.11 Å². The molecule has 0 spiro atoms. The summed E-state index contributed by atoms with van der Waals surface area (Å²) < 4.78 is 11.0. The van der Waals surface area contributed by atoms with Crippen molar-refractivity contribution in [1.29, 1.82) is 0 Å². The summed E-state index contributed by atoms with van der Waals surface area (Å²) in [6.07, 6.45) is 6.17. The highest BCUT2D eigenvalue weighted by Gasteiger charge is 2.30. The Bertz CT molecular complexity index is 637. The fourth-order valence-corrected chi connectivity index (χ4v) is 4.17. The third-order valence-corrected chi connectivity index (χ3v) is 6.03. The zero-order chi connectivity index (χ0) is 20.5. The molecule has 1 saturated carbocycles. The predicted octanol–water partition coefficient (Wildman–Crippen LogP) is 3.68. The summed E-state index contributed by atoms with van der Waals surface area (Å²) in [6, 6.07) is 8.94. The van der Waals surface area contributed by atoms with Gasteiger partial charge in [0.15, 0.2) is 5.96 Å². The molecule has 7 heteroatoms. The molecule has 1 aromatic rings. The van der Waals surface area contributed by atoms with Gasteiger partial charge in [-0.15, -0.1) is 24.0 Å². The lowest BCUT2D eigenvalue weighted by atomic mass is 9.85. The molecule has 0 amide bonds. The molecule has 2 aliphatic rings. The Hall–Kier alpha value is -1.06. The van der Waals surface area contributed by atoms with Crippen molar-refractivity contribution in [3.8, 4) is 5.75 Å². The van der Waals surface area contributed by atoms with Gasteiger partial charge in [-0.2, -0.15) is 0 Å². The van der Waals surface area contributed by atoms with E-state index in [0.717, 1.165) is 56.9 Å². The van der Waals surface area contributed by atoms with Gasteiger partial charge < -0.3 is 20.1 Å². The van der Waals surface area contributed by atoms with Gasteiger partial charge in [0.2, 0.25) is 0 Å². The van der Waals surface area contributed by atoms with Crippen molar-refractivity contribution in [2.75, 3.05) is 54.1 Å². The van der Waals surface area contributed by atoms with Crippen molar-refractivity contribution in [2.45, 2.75) is 38.1 Å². The Balaban J connectivity index is 0.00000320. The number of rotatable bonds is 10. The van der Waals surface area contributed by atoms with E-state index in [2.05, 4.69) is 51.8 Å². The molecular formula is C23H39IN4O2. The number of nitrogens with one attached hydrogen (secondary N) is 2. The first-order chi connectivity index (χ1) is 14.2. The van der Waals surface area contributed by atoms with E-state index in [9.17, 15) is 0 Å². The van der Waals surface area contributed by atoms with E-state index >= 15 is 0 Å². The van der Waals surface area contributed by atoms with Crippen molar-refractivity contribution in [3.05, 3.63) is 29.8 Å². The number of ether oxygens (including phenoxy) is 2. The maximum atomic E-state index is 5.70. The van der Waals surface area contributed by atoms with Crippen LogP contribution in [0.5, 0.6) is 5.75 Å². The van der Waals surface area contributed by atoms with E-state index in [-0.39, 0.29) is 24.0 Å². The van der Waals surface area contributed by atoms with E-state index < -0.39 is 0 Å². The SMILES string of the molecule is CN=C(NCCCOCC1CC1)NCC1CCCN(C)C1c1ccc(OC)cc1.I. The number of guanidine groups is 1. The third-order valence-electron chi connectivity index (χ3n) is 6.03. The number of hydrogen-bond acceptors (Lipinski definition) is 4. The van der Waals surface area contributed by atoms with Gasteiger partial charge in [-0.1, -0.05) is 12.1 Å². The predicted molar refractivity (Wildman–Crippen MR) is 134 cm³/mol. The maximum absolute atomic E-state index is 5.70. The lowest BCUT2D eigenvalue weighted by Gasteiger charge is -2.40. The minimum absolute atomic E-state index is 0. The van der Waals surface area contributed by atoms with Crippen molar-refractivity contribution in [1.82, 2.24) is 15.5 Å². The zero-order valence-corrected chi connectivity index (χ0v) is 21.1. The molecule has 0 aromatic heterocycles. The molecule has 0 bridgehead atoms. The number of benzene rings is 1. The summed E-state index contributed by atoms with van der Waals surface area (Å²) in [6.45, 7) is 4.71. The fourth-order valence-electron chi connectivity index (χ4n) is 4.17. The summed E-state index contributed by atoms with van der Waals surface area (Å²) >= 11 is 0. The molecule has 1 aliphatic carbocycles. The van der Waals surface area contributed by atoms with Gasteiger partial charge in [0.25, 0.3) is 0 Å². The van der Waals surface area contributed by atoms with Gasteiger partial charge >= 0.3 is 0 Å². The smallest absolute Gasteiger partial charge is 0.190 e. The van der Waals surface area contributed by atoms with E-state index in [1.165, 1.54) is 31.2 Å². The standard InChI is InChI=1S/C23H38N4O2.HI/c1-24-23(25-13-5-15-29-17-18-7-8-18)26-16-20-6-4-14-27(2)22(20)19-9-11-21(28-3)12-10-19;/h9-12,18,20,22H,4-8,13-17H2,1-3H3,(H2,24,25,26);1H. The summed E-state index contributed by atoms with van der Waals surface area (Å²) in [5.41, 5.74) is 1.36. The minimum atomic E-state index is 0. The first-order valence-corrected chi connectivity index (χ1v) is 11.1. The molecule has 1 saturated heterocycles. The zero-order valence-electron chi connectivity index (χ0n) is 18.7. The lowest BCUT2D eigenvalue weighted by Crippen LogP contribution is -2.45. The molecule has 1 aromatic carbocycles. The number of piperidine rings is 1. The van der Waals surface area contributed by atoms with Gasteiger partial charge in [-0.25, -0.2) is 0 Å². The van der Waals surface area contributed by atoms with Crippen LogP contribution in [0.4, 0.5) is 0 Å². The molecule has 0 radical (unpaired) electrons. The third kappa shape index (κ3) is 7.89. The van der Waals surface area contributed by atoms with Crippen LogP contribution < -0.4 is 15.4 Å². The Kier molecular flexibility index (Phi) is 11.2. The number of methoxy groups -OCH3 is 1. The van der Waals surface area contributed by atoms with Crippen molar-refractivity contribution in [3.63, 3.8) is 0 Å². The highest BCUT2D eigenvalue weighted by atomic mass is 127. The van der Waals surface area contributed by atoms with E-state index in [1.807, 2.05) is 7.05 Å².